The first-order valence-corrected chi connectivity index (χ1v) is 8.94. The van der Waals surface area contributed by atoms with E-state index in [1.807, 2.05) is 6.92 Å². The number of hydrogen-bond acceptors (Lipinski definition) is 7. The van der Waals surface area contributed by atoms with Crippen LogP contribution in [0.4, 0.5) is 0 Å². The van der Waals surface area contributed by atoms with E-state index in [4.69, 9.17) is 14.2 Å². The number of hydrogen-bond donors (Lipinski definition) is 1. The molecule has 144 valence electrons. The number of ketones is 1. The zero-order valence-corrected chi connectivity index (χ0v) is 15.7. The third-order valence-corrected chi connectivity index (χ3v) is 6.32. The number of fused-ring (bicyclic) bond motifs is 1. The molecule has 0 aromatic carbocycles. The van der Waals surface area contributed by atoms with E-state index in [0.717, 1.165) is 12.8 Å². The Hall–Kier alpha value is -1.73. The minimum Gasteiger partial charge on any atom is -0.465 e. The fourth-order valence-electron chi connectivity index (χ4n) is 4.57. The molecule has 0 bridgehead atoms. The summed E-state index contributed by atoms with van der Waals surface area (Å²) in [7, 11) is 0. The molecule has 1 aliphatic heterocycles. The molecule has 2 fully saturated rings. The number of allylic oxidation sites excluding steroid dienone is 1. The van der Waals surface area contributed by atoms with Crippen molar-refractivity contribution in [2.45, 2.75) is 64.3 Å². The average Bonchev–Trinajstić information content (AvgIpc) is 2.91. The van der Waals surface area contributed by atoms with Crippen molar-refractivity contribution in [3.63, 3.8) is 0 Å². The van der Waals surface area contributed by atoms with Gasteiger partial charge in [-0.1, -0.05) is 0 Å². The molecule has 3 aliphatic rings. The summed E-state index contributed by atoms with van der Waals surface area (Å²) in [5.74, 6) is -1.42. The highest BCUT2D eigenvalue weighted by atomic mass is 16.6. The first kappa shape index (κ1) is 19.0. The number of carbonyl (C=O) groups is 3. The van der Waals surface area contributed by atoms with Crippen LogP contribution in [0, 0.1) is 11.3 Å². The van der Waals surface area contributed by atoms with Crippen LogP contribution in [0.3, 0.4) is 0 Å². The number of aliphatic hydroxyl groups is 1. The second-order valence-electron chi connectivity index (χ2n) is 8.07. The lowest BCUT2D eigenvalue weighted by molar-refractivity contribution is -0.151. The number of epoxide rings is 1. The maximum Gasteiger partial charge on any atom is 0.302 e. The van der Waals surface area contributed by atoms with Gasteiger partial charge in [-0.3, -0.25) is 14.4 Å². The van der Waals surface area contributed by atoms with E-state index in [0.29, 0.717) is 12.0 Å². The van der Waals surface area contributed by atoms with Crippen molar-refractivity contribution in [2.24, 2.45) is 11.3 Å². The summed E-state index contributed by atoms with van der Waals surface area (Å²) in [6, 6.07) is 0. The Balaban J connectivity index is 1.81. The SMILES string of the molecule is CC(=O)OC[C@]1([C@H]2CC([C@](C)(O)COC(C)=O)=CC2=O)CC[C@@H]2O[C@@]21C. The molecule has 7 heteroatoms. The molecule has 1 heterocycles. The van der Waals surface area contributed by atoms with E-state index in [2.05, 4.69) is 0 Å². The summed E-state index contributed by atoms with van der Waals surface area (Å²) in [6.07, 6.45) is 3.41. The van der Waals surface area contributed by atoms with Crippen molar-refractivity contribution in [1.29, 1.82) is 0 Å². The van der Waals surface area contributed by atoms with Gasteiger partial charge in [0, 0.05) is 25.2 Å². The Morgan fingerprint density at radius 1 is 1.35 bits per heavy atom. The zero-order valence-electron chi connectivity index (χ0n) is 15.7. The van der Waals surface area contributed by atoms with E-state index in [1.54, 1.807) is 0 Å². The molecule has 0 amide bonds. The van der Waals surface area contributed by atoms with Gasteiger partial charge < -0.3 is 19.3 Å². The van der Waals surface area contributed by atoms with Crippen LogP contribution in [0.25, 0.3) is 0 Å². The van der Waals surface area contributed by atoms with Crippen molar-refractivity contribution in [3.05, 3.63) is 11.6 Å². The van der Waals surface area contributed by atoms with Crippen molar-refractivity contribution in [3.8, 4) is 0 Å². The largest absolute Gasteiger partial charge is 0.465 e. The number of carbonyl (C=O) groups excluding carboxylic acids is 3. The molecule has 5 atom stereocenters. The topological polar surface area (TPSA) is 102 Å². The maximum absolute atomic E-state index is 12.8. The molecule has 26 heavy (non-hydrogen) atoms. The van der Waals surface area contributed by atoms with Crippen LogP contribution in [0.5, 0.6) is 0 Å². The highest BCUT2D eigenvalue weighted by Crippen LogP contribution is 2.65. The molecule has 0 aromatic rings. The predicted molar refractivity (Wildman–Crippen MR) is 90.0 cm³/mol. The van der Waals surface area contributed by atoms with Crippen LogP contribution in [-0.2, 0) is 28.6 Å². The molecule has 3 rings (SSSR count). The average molecular weight is 366 g/mol. The zero-order chi connectivity index (χ0) is 19.3. The lowest BCUT2D eigenvalue weighted by atomic mass is 9.66. The Morgan fingerprint density at radius 2 is 2.00 bits per heavy atom. The smallest absolute Gasteiger partial charge is 0.302 e. The molecule has 0 radical (unpaired) electrons. The maximum atomic E-state index is 12.8. The molecular formula is C19H26O7. The molecule has 2 aliphatic carbocycles. The van der Waals surface area contributed by atoms with Crippen LogP contribution in [0.1, 0.15) is 47.0 Å². The van der Waals surface area contributed by atoms with Crippen molar-refractivity contribution >= 4 is 17.7 Å². The fourth-order valence-corrected chi connectivity index (χ4v) is 4.57. The minimum atomic E-state index is -1.41. The minimum absolute atomic E-state index is 0.0801. The van der Waals surface area contributed by atoms with Gasteiger partial charge in [-0.15, -0.1) is 0 Å². The van der Waals surface area contributed by atoms with E-state index < -0.39 is 34.5 Å². The first-order chi connectivity index (χ1) is 12.0. The molecule has 0 spiro atoms. The normalized spacial score (nSPS) is 37.6. The third kappa shape index (κ3) is 2.97. The summed E-state index contributed by atoms with van der Waals surface area (Å²) in [6.45, 7) is 6.03. The van der Waals surface area contributed by atoms with Crippen molar-refractivity contribution < 1.29 is 33.7 Å². The van der Waals surface area contributed by atoms with Crippen LogP contribution >= 0.6 is 0 Å². The quantitative estimate of drug-likeness (QED) is 0.558. The number of rotatable bonds is 6. The monoisotopic (exact) mass is 366 g/mol. The van der Waals surface area contributed by atoms with Gasteiger partial charge in [0.2, 0.25) is 0 Å². The Labute approximate surface area is 152 Å². The molecule has 1 N–H and O–H groups in total. The molecule has 0 aromatic heterocycles. The van der Waals surface area contributed by atoms with Crippen LogP contribution in [0.15, 0.2) is 11.6 Å². The standard InChI is InChI=1S/C19H26O7/c1-11(20)24-9-17(3,23)13-7-14(15(22)8-13)19(10-25-12(2)21)6-5-16-18(19,4)26-16/h8,14,16,23H,5-7,9-10H2,1-4H3/t14-,16-,17+,18-,19-/m0/s1. The first-order valence-electron chi connectivity index (χ1n) is 8.94. The van der Waals surface area contributed by atoms with Crippen molar-refractivity contribution in [2.75, 3.05) is 13.2 Å². The second kappa shape index (κ2) is 6.16. The lowest BCUT2D eigenvalue weighted by Crippen LogP contribution is -2.47. The van der Waals surface area contributed by atoms with E-state index in [9.17, 15) is 19.5 Å². The molecule has 1 saturated heterocycles. The van der Waals surface area contributed by atoms with Gasteiger partial charge in [-0.25, -0.2) is 0 Å². The molecule has 7 nitrogen and oxygen atoms in total. The van der Waals surface area contributed by atoms with Gasteiger partial charge in [0.1, 0.15) is 24.4 Å². The van der Waals surface area contributed by atoms with Gasteiger partial charge >= 0.3 is 11.9 Å². The van der Waals surface area contributed by atoms with Gasteiger partial charge in [0.05, 0.1) is 6.10 Å². The highest BCUT2D eigenvalue weighted by molar-refractivity contribution is 5.96. The Bertz CT molecular complexity index is 677. The predicted octanol–water partition coefficient (Wildman–Crippen LogP) is 1.32. The van der Waals surface area contributed by atoms with Crippen LogP contribution in [0.2, 0.25) is 0 Å². The summed E-state index contributed by atoms with van der Waals surface area (Å²) < 4.78 is 16.1. The molecular weight excluding hydrogens is 340 g/mol. The number of esters is 2. The summed E-state index contributed by atoms with van der Waals surface area (Å²) in [5.41, 5.74) is -1.98. The van der Waals surface area contributed by atoms with Gasteiger partial charge in [0.15, 0.2) is 5.78 Å². The molecule has 0 unspecified atom stereocenters. The molecule has 1 saturated carbocycles. The summed E-state index contributed by atoms with van der Waals surface area (Å²) >= 11 is 0. The lowest BCUT2D eigenvalue weighted by Gasteiger charge is -2.39. The van der Waals surface area contributed by atoms with E-state index in [-0.39, 0.29) is 25.1 Å². The number of ether oxygens (including phenoxy) is 3. The Morgan fingerprint density at radius 3 is 2.50 bits per heavy atom. The van der Waals surface area contributed by atoms with Gasteiger partial charge in [-0.05, 0) is 44.8 Å². The van der Waals surface area contributed by atoms with E-state index in [1.165, 1.54) is 26.8 Å². The van der Waals surface area contributed by atoms with Gasteiger partial charge in [-0.2, -0.15) is 0 Å². The summed E-state index contributed by atoms with van der Waals surface area (Å²) in [4.78, 5) is 35.3. The third-order valence-electron chi connectivity index (χ3n) is 6.32. The van der Waals surface area contributed by atoms with Crippen LogP contribution in [-0.4, -0.2) is 53.3 Å². The Kier molecular flexibility index (Phi) is 4.51. The van der Waals surface area contributed by atoms with Crippen LogP contribution < -0.4 is 0 Å². The fraction of sp³-hybridized carbons (Fsp3) is 0.737. The van der Waals surface area contributed by atoms with E-state index >= 15 is 0 Å². The second-order valence-corrected chi connectivity index (χ2v) is 8.07. The van der Waals surface area contributed by atoms with Gasteiger partial charge in [0.25, 0.3) is 0 Å². The highest BCUT2D eigenvalue weighted by Gasteiger charge is 2.73. The summed E-state index contributed by atoms with van der Waals surface area (Å²) in [5, 5.41) is 10.7. The van der Waals surface area contributed by atoms with Crippen molar-refractivity contribution in [1.82, 2.24) is 0 Å².